The quantitative estimate of drug-likeness (QED) is 0.105. The Morgan fingerprint density at radius 3 is 1.16 bits per heavy atom. The largest absolute Gasteiger partial charge is 0.180 e. The molecular formula is C37H20Br3Cl3S2. The molecular weight excluding hydrogens is 855 g/mol. The minimum Gasteiger partial charge on any atom is -0.135 e. The fourth-order valence-electron chi connectivity index (χ4n) is 6.56. The van der Waals surface area contributed by atoms with Crippen LogP contribution in [0.4, 0.5) is 0 Å². The molecule has 0 unspecified atom stereocenters. The van der Waals surface area contributed by atoms with Crippen molar-refractivity contribution in [3.63, 3.8) is 0 Å². The molecule has 0 saturated carbocycles. The molecule has 0 aliphatic carbocycles. The number of thiophene rings is 2. The van der Waals surface area contributed by atoms with E-state index in [0.717, 1.165) is 0 Å². The third kappa shape index (κ3) is 5.48. The Morgan fingerprint density at radius 2 is 0.733 bits per heavy atom. The Morgan fingerprint density at radius 1 is 0.400 bits per heavy atom. The lowest BCUT2D eigenvalue weighted by molar-refractivity contribution is 1.80. The molecule has 45 heavy (non-hydrogen) atoms. The van der Waals surface area contributed by atoms with Gasteiger partial charge in [0.15, 0.2) is 4.30 Å². The van der Waals surface area contributed by atoms with Gasteiger partial charge in [-0.05, 0) is 83.3 Å². The second kappa shape index (κ2) is 13.3. The lowest BCUT2D eigenvalue weighted by Gasteiger charge is -2.09. The summed E-state index contributed by atoms with van der Waals surface area (Å²) in [6, 6.07) is 41.9. The average molecular weight is 875 g/mol. The van der Waals surface area contributed by atoms with Crippen molar-refractivity contribution in [2.45, 2.75) is 4.30 Å². The molecule has 0 saturated heterocycles. The van der Waals surface area contributed by atoms with Crippen LogP contribution >= 0.6 is 102 Å². The summed E-state index contributed by atoms with van der Waals surface area (Å²) >= 11 is 27.4. The van der Waals surface area contributed by atoms with Crippen molar-refractivity contribution < 1.29 is 0 Å². The van der Waals surface area contributed by atoms with Crippen molar-refractivity contribution in [2.24, 2.45) is 0 Å². The molecule has 0 atom stereocenters. The highest BCUT2D eigenvalue weighted by atomic mass is 80.9. The van der Waals surface area contributed by atoms with Crippen LogP contribution in [0.3, 0.4) is 0 Å². The summed E-state index contributed by atoms with van der Waals surface area (Å²) < 4.78 is 5.98. The van der Waals surface area contributed by atoms with Gasteiger partial charge in [0.05, 0.1) is 4.70 Å². The maximum absolute atomic E-state index is 4.81. The van der Waals surface area contributed by atoms with E-state index < -0.39 is 4.30 Å². The van der Waals surface area contributed by atoms with Crippen molar-refractivity contribution in [2.75, 3.05) is 0 Å². The Balaban J connectivity index is 0.000000124. The summed E-state index contributed by atoms with van der Waals surface area (Å²) in [5, 5.41) is 16.7. The van der Waals surface area contributed by atoms with E-state index in [9.17, 15) is 0 Å². The number of halogens is 6. The molecule has 0 radical (unpaired) electrons. The SMILES string of the molecule is BrBr.Brc1ccc2c3ccccc3c3cccc4sc1c2c43.ClC(Cl)Cl.c1ccc2c(c1)c1cccc3sc4cccc2c4c31. The molecule has 0 bridgehead atoms. The molecule has 10 rings (SSSR count). The van der Waals surface area contributed by atoms with E-state index >= 15 is 0 Å². The van der Waals surface area contributed by atoms with Crippen molar-refractivity contribution in [1.82, 2.24) is 0 Å². The summed E-state index contributed by atoms with van der Waals surface area (Å²) in [5.74, 6) is 0. The van der Waals surface area contributed by atoms with Crippen LogP contribution in [0.1, 0.15) is 0 Å². The van der Waals surface area contributed by atoms with Crippen LogP contribution in [-0.4, -0.2) is 4.30 Å². The van der Waals surface area contributed by atoms with E-state index in [-0.39, 0.29) is 0 Å². The molecule has 0 amide bonds. The first kappa shape index (κ1) is 31.7. The molecule has 0 fully saturated rings. The second-order valence-corrected chi connectivity index (χ2v) is 15.3. The summed E-state index contributed by atoms with van der Waals surface area (Å²) in [4.78, 5) is 0. The van der Waals surface area contributed by atoms with Crippen molar-refractivity contribution in [3.05, 3.63) is 120 Å². The molecule has 0 N–H and O–H groups in total. The number of alkyl halides is 3. The zero-order valence-corrected chi connectivity index (χ0v) is 31.8. The third-order valence-electron chi connectivity index (χ3n) is 8.14. The van der Waals surface area contributed by atoms with Crippen molar-refractivity contribution in [1.29, 1.82) is 0 Å². The highest BCUT2D eigenvalue weighted by Crippen LogP contribution is 2.47. The molecule has 10 aromatic rings. The monoisotopic (exact) mass is 870 g/mol. The van der Waals surface area contributed by atoms with Gasteiger partial charge in [0, 0.05) is 68.4 Å². The summed E-state index contributed by atoms with van der Waals surface area (Å²) in [5.41, 5.74) is 0. The Kier molecular flexibility index (Phi) is 9.35. The molecule has 2 heterocycles. The highest BCUT2D eigenvalue weighted by Gasteiger charge is 2.17. The molecule has 0 aliphatic rings. The van der Waals surface area contributed by atoms with Crippen LogP contribution in [0, 0.1) is 0 Å². The van der Waals surface area contributed by atoms with Crippen LogP contribution in [0.15, 0.2) is 120 Å². The van der Waals surface area contributed by atoms with E-state index in [1.807, 2.05) is 22.7 Å². The van der Waals surface area contributed by atoms with Gasteiger partial charge in [-0.15, -0.1) is 22.7 Å². The number of rotatable bonds is 0. The van der Waals surface area contributed by atoms with Crippen molar-refractivity contribution in [3.8, 4) is 0 Å². The van der Waals surface area contributed by atoms with E-state index in [2.05, 4.69) is 159 Å². The maximum Gasteiger partial charge on any atom is 0.180 e. The standard InChI is InChI=1S/C18H9BrS.C18H10S.CHCl3.Br2/c19-14-9-8-13-11-5-2-1-4-10(11)12-6-3-7-15-16(12)17(13)18(14)20-15;1-2-6-12-11(5-1)13-7-3-9-15-17(13)18-14(12)8-4-10-16(18)19-15;2-1(3)4;1-2/h1-9H;1-10H;1H;. The lowest BCUT2D eigenvalue weighted by atomic mass is 9.94. The summed E-state index contributed by atoms with van der Waals surface area (Å²) in [6.45, 7) is 0. The summed E-state index contributed by atoms with van der Waals surface area (Å²) in [7, 11) is 0. The first-order valence-corrected chi connectivity index (χ1v) is 21.3. The highest BCUT2D eigenvalue weighted by molar-refractivity contribution is 9.93. The molecule has 2 aromatic heterocycles. The van der Waals surface area contributed by atoms with E-state index in [4.69, 9.17) is 34.8 Å². The molecule has 0 nitrogen and oxygen atoms in total. The van der Waals surface area contributed by atoms with Gasteiger partial charge in [-0.3, -0.25) is 0 Å². The molecule has 8 heteroatoms. The first-order chi connectivity index (χ1) is 22.0. The average Bonchev–Trinajstić information content (AvgIpc) is 3.66. The van der Waals surface area contributed by atoms with Gasteiger partial charge in [-0.2, -0.15) is 0 Å². The molecule has 0 aliphatic heterocycles. The number of hydrogen-bond acceptors (Lipinski definition) is 2. The Bertz CT molecular complexity index is 2500. The van der Waals surface area contributed by atoms with Gasteiger partial charge >= 0.3 is 0 Å². The fraction of sp³-hybridized carbons (Fsp3) is 0.0270. The van der Waals surface area contributed by atoms with Crippen LogP contribution in [0.5, 0.6) is 0 Å². The Hall–Kier alpha value is -1.93. The van der Waals surface area contributed by atoms with Gasteiger partial charge in [0.25, 0.3) is 0 Å². The van der Waals surface area contributed by atoms with Gasteiger partial charge in [-0.1, -0.05) is 126 Å². The molecule has 0 spiro atoms. The van der Waals surface area contributed by atoms with Crippen LogP contribution < -0.4 is 0 Å². The smallest absolute Gasteiger partial charge is 0.135 e. The predicted octanol–water partition coefficient (Wildman–Crippen LogP) is 16.0. The zero-order valence-electron chi connectivity index (χ0n) is 23.1. The second-order valence-electron chi connectivity index (χ2n) is 10.4. The number of benzene rings is 8. The van der Waals surface area contributed by atoms with Gasteiger partial charge in [0.1, 0.15) is 0 Å². The van der Waals surface area contributed by atoms with Crippen LogP contribution in [0.25, 0.3) is 83.4 Å². The van der Waals surface area contributed by atoms with Gasteiger partial charge in [0.2, 0.25) is 0 Å². The Labute approximate surface area is 306 Å². The fourth-order valence-corrected chi connectivity index (χ4v) is 9.45. The van der Waals surface area contributed by atoms with E-state index in [0.29, 0.717) is 0 Å². The predicted molar refractivity (Wildman–Crippen MR) is 218 cm³/mol. The van der Waals surface area contributed by atoms with E-state index in [1.54, 1.807) is 0 Å². The van der Waals surface area contributed by atoms with Crippen molar-refractivity contribution >= 4 is 185 Å². The molecule has 8 aromatic carbocycles. The summed E-state index contributed by atoms with van der Waals surface area (Å²) in [6.07, 6.45) is 0. The van der Waals surface area contributed by atoms with Gasteiger partial charge in [-0.25, -0.2) is 0 Å². The van der Waals surface area contributed by atoms with E-state index in [1.165, 1.54) is 87.9 Å². The zero-order chi connectivity index (χ0) is 31.2. The minimum atomic E-state index is -0.750. The lowest BCUT2D eigenvalue weighted by Crippen LogP contribution is -1.81. The normalized spacial score (nSPS) is 11.5. The van der Waals surface area contributed by atoms with Crippen LogP contribution in [0.2, 0.25) is 0 Å². The van der Waals surface area contributed by atoms with Crippen LogP contribution in [-0.2, 0) is 0 Å². The van der Waals surface area contributed by atoms with Gasteiger partial charge < -0.3 is 0 Å². The topological polar surface area (TPSA) is 0 Å². The first-order valence-electron chi connectivity index (χ1n) is 13.9. The number of hydrogen-bond donors (Lipinski definition) is 0. The maximum atomic E-state index is 4.81. The minimum absolute atomic E-state index is 0.750. The third-order valence-corrected chi connectivity index (χ3v) is 11.4. The molecule has 222 valence electrons. The number of fused-ring (bicyclic) bond motifs is 6.